The van der Waals surface area contributed by atoms with Crippen LogP contribution in [0.15, 0.2) is 42.9 Å². The number of carbonyl (C=O) groups is 1. The Morgan fingerprint density at radius 2 is 1.98 bits per heavy atom. The van der Waals surface area contributed by atoms with Gasteiger partial charge >= 0.3 is 6.09 Å². The van der Waals surface area contributed by atoms with Gasteiger partial charge in [0.1, 0.15) is 23.1 Å². The molecule has 2 aromatic heterocycles. The summed E-state index contributed by atoms with van der Waals surface area (Å²) in [5.74, 6) is -0.174. The van der Waals surface area contributed by atoms with E-state index >= 15 is 0 Å². The number of likely N-dealkylation sites (tertiary alicyclic amines) is 1. The first kappa shape index (κ1) is 26.3. The number of benzene rings is 1. The highest BCUT2D eigenvalue weighted by atomic mass is 19.1. The summed E-state index contributed by atoms with van der Waals surface area (Å²) in [4.78, 5) is 21.3. The summed E-state index contributed by atoms with van der Waals surface area (Å²) < 4.78 is 35.9. The van der Waals surface area contributed by atoms with E-state index in [0.29, 0.717) is 43.1 Å². The van der Waals surface area contributed by atoms with Gasteiger partial charge in [-0.15, -0.1) is 5.12 Å². The molecule has 0 radical (unpaired) electrons. The number of hydrazine groups is 2. The molecule has 0 bridgehead atoms. The van der Waals surface area contributed by atoms with Crippen molar-refractivity contribution in [2.45, 2.75) is 57.7 Å². The number of nitrogens with zero attached hydrogens (tertiary/aromatic N) is 7. The zero-order valence-corrected chi connectivity index (χ0v) is 23.1. The highest BCUT2D eigenvalue weighted by Gasteiger charge is 2.36. The fraction of sp³-hybridized carbons (Fsp3) is 0.464. The molecule has 0 spiro atoms. The monoisotopic (exact) mass is 552 g/mol. The van der Waals surface area contributed by atoms with Gasteiger partial charge in [-0.2, -0.15) is 5.10 Å². The van der Waals surface area contributed by atoms with E-state index in [1.807, 2.05) is 56.3 Å². The lowest BCUT2D eigenvalue weighted by atomic mass is 10.0. The Labute approximate surface area is 231 Å². The number of carbonyl (C=O) groups excluding carboxylic acids is 1. The van der Waals surface area contributed by atoms with Crippen molar-refractivity contribution in [3.05, 3.63) is 65.6 Å². The lowest BCUT2D eigenvalue weighted by molar-refractivity contribution is -0.00131. The lowest BCUT2D eigenvalue weighted by Crippen LogP contribution is -2.46. The van der Waals surface area contributed by atoms with Crippen LogP contribution in [0, 0.1) is 11.6 Å². The van der Waals surface area contributed by atoms with E-state index in [-0.39, 0.29) is 18.2 Å². The molecule has 212 valence electrons. The van der Waals surface area contributed by atoms with Crippen molar-refractivity contribution in [3.8, 4) is 0 Å². The van der Waals surface area contributed by atoms with E-state index in [1.54, 1.807) is 15.6 Å². The molecule has 0 aliphatic carbocycles. The molecular formula is C28H34F2N8O2. The minimum atomic E-state index is -0.538. The van der Waals surface area contributed by atoms with Gasteiger partial charge in [0, 0.05) is 44.6 Å². The van der Waals surface area contributed by atoms with E-state index in [4.69, 9.17) is 9.72 Å². The van der Waals surface area contributed by atoms with Crippen LogP contribution in [-0.2, 0) is 4.74 Å². The standard InChI is InChI=1S/C28H34F2N8O2/c1-28(2,3)40-27(39)35-12-9-19(16-35)38-17-23(33-34(38)4)21-15-31-37-13-10-25(32-26(21)37)36-11-5-6-24(36)20-14-18(29)7-8-22(20)30/h7-8,10,13-15,17,19,24,33H,5-6,9,11-12,16H2,1-4H3/t19?,24-/m1/s1. The Bertz CT molecular complexity index is 1470. The molecule has 6 rings (SSSR count). The van der Waals surface area contributed by atoms with Gasteiger partial charge in [-0.3, -0.25) is 10.4 Å². The molecule has 12 heteroatoms. The zero-order valence-electron chi connectivity index (χ0n) is 23.1. The molecule has 3 aliphatic heterocycles. The van der Waals surface area contributed by atoms with Gasteiger partial charge in [-0.1, -0.05) is 0 Å². The number of rotatable bonds is 4. The van der Waals surface area contributed by atoms with Gasteiger partial charge < -0.3 is 14.5 Å². The van der Waals surface area contributed by atoms with Crippen molar-refractivity contribution in [3.63, 3.8) is 0 Å². The zero-order chi connectivity index (χ0) is 28.2. The molecule has 40 heavy (non-hydrogen) atoms. The van der Waals surface area contributed by atoms with Gasteiger partial charge in [0.15, 0.2) is 5.65 Å². The molecule has 0 saturated carbocycles. The largest absolute Gasteiger partial charge is 0.444 e. The lowest BCUT2D eigenvalue weighted by Gasteiger charge is -2.30. The molecule has 5 heterocycles. The first-order chi connectivity index (χ1) is 19.1. The first-order valence-electron chi connectivity index (χ1n) is 13.6. The molecule has 2 fully saturated rings. The minimum Gasteiger partial charge on any atom is -0.444 e. The Hall–Kier alpha value is -3.93. The third kappa shape index (κ3) is 4.91. The topological polar surface area (TPSA) is 81.5 Å². The average Bonchev–Trinajstić information content (AvgIpc) is 3.69. The predicted octanol–water partition coefficient (Wildman–Crippen LogP) is 4.32. The van der Waals surface area contributed by atoms with E-state index in [1.165, 1.54) is 12.1 Å². The molecule has 2 saturated heterocycles. The fourth-order valence-electron chi connectivity index (χ4n) is 5.75. The maximum atomic E-state index is 14.6. The second-order valence-electron chi connectivity index (χ2n) is 11.6. The van der Waals surface area contributed by atoms with Crippen LogP contribution in [0.3, 0.4) is 0 Å². The van der Waals surface area contributed by atoms with Gasteiger partial charge in [-0.25, -0.2) is 23.1 Å². The molecule has 3 aromatic rings. The quantitative estimate of drug-likeness (QED) is 0.513. The SMILES string of the molecule is CN1NC(c2cnn3ccc(N4CCC[C@@H]4c4cc(F)ccc4F)nc23)=CN1C1CCN(C(=O)OC(C)(C)C)C1. The summed E-state index contributed by atoms with van der Waals surface area (Å²) in [6.45, 7) is 7.47. The van der Waals surface area contributed by atoms with Gasteiger partial charge in [0.25, 0.3) is 0 Å². The molecule has 1 amide bonds. The van der Waals surface area contributed by atoms with Crippen LogP contribution in [0.5, 0.6) is 0 Å². The molecular weight excluding hydrogens is 518 g/mol. The van der Waals surface area contributed by atoms with Crippen molar-refractivity contribution in [2.75, 3.05) is 31.6 Å². The summed E-state index contributed by atoms with van der Waals surface area (Å²) in [6.07, 6.45) is 7.69. The average molecular weight is 553 g/mol. The summed E-state index contributed by atoms with van der Waals surface area (Å²) in [5.41, 5.74) is 5.48. The number of hydrogen-bond donors (Lipinski definition) is 1. The number of hydrogen-bond acceptors (Lipinski definition) is 8. The first-order valence-corrected chi connectivity index (χ1v) is 13.6. The van der Waals surface area contributed by atoms with Crippen LogP contribution in [0.2, 0.25) is 0 Å². The van der Waals surface area contributed by atoms with Crippen molar-refractivity contribution in [1.82, 2.24) is 35.1 Å². The number of nitrogens with one attached hydrogen (secondary N) is 1. The predicted molar refractivity (Wildman–Crippen MR) is 146 cm³/mol. The number of anilines is 1. The summed E-state index contributed by atoms with van der Waals surface area (Å²) in [7, 11) is 1.92. The molecule has 10 nitrogen and oxygen atoms in total. The van der Waals surface area contributed by atoms with Gasteiger partial charge in [-0.05, 0) is 64.3 Å². The van der Waals surface area contributed by atoms with Crippen LogP contribution in [0.4, 0.5) is 19.4 Å². The number of fused-ring (bicyclic) bond motifs is 1. The highest BCUT2D eigenvalue weighted by Crippen LogP contribution is 2.37. The molecule has 3 aliphatic rings. The fourth-order valence-corrected chi connectivity index (χ4v) is 5.75. The number of ether oxygens (including phenoxy) is 1. The minimum absolute atomic E-state index is 0.0828. The Morgan fingerprint density at radius 3 is 2.77 bits per heavy atom. The number of amides is 1. The number of aromatic nitrogens is 3. The van der Waals surface area contributed by atoms with Crippen molar-refractivity contribution < 1.29 is 18.3 Å². The number of halogens is 2. The van der Waals surface area contributed by atoms with Crippen LogP contribution >= 0.6 is 0 Å². The van der Waals surface area contributed by atoms with Gasteiger partial charge in [0.2, 0.25) is 0 Å². The Kier molecular flexibility index (Phi) is 6.52. The summed E-state index contributed by atoms with van der Waals surface area (Å²) >= 11 is 0. The third-order valence-electron chi connectivity index (χ3n) is 7.59. The van der Waals surface area contributed by atoms with E-state index in [0.717, 1.165) is 30.2 Å². The maximum absolute atomic E-state index is 14.6. The van der Waals surface area contributed by atoms with Crippen LogP contribution in [0.25, 0.3) is 11.3 Å². The molecule has 1 unspecified atom stereocenters. The highest BCUT2D eigenvalue weighted by molar-refractivity contribution is 5.75. The molecule has 1 N–H and O–H groups in total. The Morgan fingerprint density at radius 1 is 1.15 bits per heavy atom. The molecule has 1 aromatic carbocycles. The van der Waals surface area contributed by atoms with E-state index in [2.05, 4.69) is 15.5 Å². The van der Waals surface area contributed by atoms with E-state index in [9.17, 15) is 13.6 Å². The van der Waals surface area contributed by atoms with Gasteiger partial charge in [0.05, 0.1) is 29.5 Å². The Balaban J connectivity index is 1.24. The van der Waals surface area contributed by atoms with Crippen LogP contribution < -0.4 is 10.3 Å². The normalized spacial score (nSPS) is 21.9. The summed E-state index contributed by atoms with van der Waals surface area (Å²) in [6, 6.07) is 5.26. The van der Waals surface area contributed by atoms with Crippen molar-refractivity contribution in [2.24, 2.45) is 0 Å². The second kappa shape index (κ2) is 9.92. The second-order valence-corrected chi connectivity index (χ2v) is 11.6. The van der Waals surface area contributed by atoms with Crippen LogP contribution in [-0.4, -0.2) is 74.0 Å². The third-order valence-corrected chi connectivity index (χ3v) is 7.59. The van der Waals surface area contributed by atoms with Crippen molar-refractivity contribution >= 4 is 23.3 Å². The van der Waals surface area contributed by atoms with Crippen molar-refractivity contribution in [1.29, 1.82) is 0 Å². The van der Waals surface area contributed by atoms with Crippen LogP contribution in [0.1, 0.15) is 57.2 Å². The molecule has 2 atom stereocenters. The smallest absolute Gasteiger partial charge is 0.410 e. The van der Waals surface area contributed by atoms with E-state index < -0.39 is 17.2 Å². The summed E-state index contributed by atoms with van der Waals surface area (Å²) in [5, 5.41) is 8.47. The maximum Gasteiger partial charge on any atom is 0.410 e.